The quantitative estimate of drug-likeness (QED) is 0.711. The van der Waals surface area contributed by atoms with Gasteiger partial charge in [0.05, 0.1) is 12.4 Å². The molecule has 0 spiro atoms. The summed E-state index contributed by atoms with van der Waals surface area (Å²) in [5.74, 6) is 0.479. The van der Waals surface area contributed by atoms with Gasteiger partial charge in [-0.3, -0.25) is 4.79 Å². The fourth-order valence-electron chi connectivity index (χ4n) is 2.40. The first-order valence-electron chi connectivity index (χ1n) is 7.86. The molecule has 1 aliphatic heterocycles. The van der Waals surface area contributed by atoms with Gasteiger partial charge in [-0.05, 0) is 19.1 Å². The number of piperazine rings is 1. The Bertz CT molecular complexity index is 637. The molecule has 134 valence electrons. The van der Waals surface area contributed by atoms with E-state index in [0.29, 0.717) is 31.9 Å². The molecule has 1 fully saturated rings. The Balaban J connectivity index is 1.79. The molecule has 1 amide bonds. The first-order valence-corrected chi connectivity index (χ1v) is 9.47. The second-order valence-corrected chi connectivity index (χ2v) is 7.78. The van der Waals surface area contributed by atoms with Crippen LogP contribution in [0.3, 0.4) is 0 Å². The van der Waals surface area contributed by atoms with Crippen LogP contribution in [0.4, 0.5) is 0 Å². The summed E-state index contributed by atoms with van der Waals surface area (Å²) in [7, 11) is -1.84. The van der Waals surface area contributed by atoms with Crippen molar-refractivity contribution in [3.05, 3.63) is 29.8 Å². The minimum Gasteiger partial charge on any atom is -0.484 e. The van der Waals surface area contributed by atoms with Gasteiger partial charge < -0.3 is 14.4 Å². The Kier molecular flexibility index (Phi) is 6.59. The summed E-state index contributed by atoms with van der Waals surface area (Å²) >= 11 is 0. The molecule has 8 heteroatoms. The lowest BCUT2D eigenvalue weighted by Gasteiger charge is -2.33. The van der Waals surface area contributed by atoms with E-state index in [9.17, 15) is 13.2 Å². The predicted molar refractivity (Wildman–Crippen MR) is 90.5 cm³/mol. The summed E-state index contributed by atoms with van der Waals surface area (Å²) in [6.45, 7) is 3.48. The maximum atomic E-state index is 12.2. The van der Waals surface area contributed by atoms with Gasteiger partial charge in [0.2, 0.25) is 10.0 Å². The molecule has 0 atom stereocenters. The highest BCUT2D eigenvalue weighted by Crippen LogP contribution is 2.12. The van der Waals surface area contributed by atoms with Gasteiger partial charge in [0.1, 0.15) is 5.75 Å². The second kappa shape index (κ2) is 8.46. The molecule has 1 saturated heterocycles. The Morgan fingerprint density at radius 3 is 2.33 bits per heavy atom. The highest BCUT2D eigenvalue weighted by Gasteiger charge is 2.28. The molecule has 1 aliphatic rings. The van der Waals surface area contributed by atoms with E-state index in [2.05, 4.69) is 0 Å². The molecule has 0 radical (unpaired) electrons. The highest BCUT2D eigenvalue weighted by molar-refractivity contribution is 7.89. The third-order valence-corrected chi connectivity index (χ3v) is 5.75. The molecule has 0 N–H and O–H groups in total. The van der Waals surface area contributed by atoms with Crippen LogP contribution in [0.15, 0.2) is 24.3 Å². The minimum atomic E-state index is -3.31. The smallest absolute Gasteiger partial charge is 0.260 e. The van der Waals surface area contributed by atoms with Crippen molar-refractivity contribution < 1.29 is 22.7 Å². The van der Waals surface area contributed by atoms with Crippen LogP contribution in [0.2, 0.25) is 0 Å². The van der Waals surface area contributed by atoms with Crippen LogP contribution in [0.5, 0.6) is 5.75 Å². The number of methoxy groups -OCH3 is 1. The van der Waals surface area contributed by atoms with Gasteiger partial charge in [-0.2, -0.15) is 4.31 Å². The van der Waals surface area contributed by atoms with Crippen molar-refractivity contribution in [2.45, 2.75) is 6.92 Å². The van der Waals surface area contributed by atoms with Crippen molar-refractivity contribution in [3.8, 4) is 5.75 Å². The number of aryl methyl sites for hydroxylation is 1. The molecule has 0 unspecified atom stereocenters. The number of rotatable bonds is 7. The summed E-state index contributed by atoms with van der Waals surface area (Å²) in [5, 5.41) is 0. The van der Waals surface area contributed by atoms with E-state index in [1.54, 1.807) is 4.90 Å². The SMILES string of the molecule is COCCS(=O)(=O)N1CCN(C(=O)COc2ccc(C)cc2)CC1. The number of hydrogen-bond acceptors (Lipinski definition) is 5. The lowest BCUT2D eigenvalue weighted by molar-refractivity contribution is -0.134. The van der Waals surface area contributed by atoms with E-state index in [0.717, 1.165) is 5.56 Å². The van der Waals surface area contributed by atoms with E-state index in [1.165, 1.54) is 11.4 Å². The predicted octanol–water partition coefficient (Wildman–Crippen LogP) is 0.494. The number of amides is 1. The maximum Gasteiger partial charge on any atom is 0.260 e. The van der Waals surface area contributed by atoms with Crippen LogP contribution < -0.4 is 4.74 Å². The van der Waals surface area contributed by atoms with Crippen LogP contribution in [0, 0.1) is 6.92 Å². The van der Waals surface area contributed by atoms with Crippen molar-refractivity contribution in [2.24, 2.45) is 0 Å². The summed E-state index contributed by atoms with van der Waals surface area (Å²) in [4.78, 5) is 13.8. The number of ether oxygens (including phenoxy) is 2. The van der Waals surface area contributed by atoms with Crippen LogP contribution in [0.25, 0.3) is 0 Å². The number of sulfonamides is 1. The first kappa shape index (κ1) is 18.7. The van der Waals surface area contributed by atoms with Crippen LogP contribution in [-0.2, 0) is 19.6 Å². The molecule has 1 heterocycles. The van der Waals surface area contributed by atoms with Gasteiger partial charge in [-0.15, -0.1) is 0 Å². The zero-order chi connectivity index (χ0) is 17.6. The number of nitrogens with zero attached hydrogens (tertiary/aromatic N) is 2. The van der Waals surface area contributed by atoms with Gasteiger partial charge >= 0.3 is 0 Å². The van der Waals surface area contributed by atoms with Crippen molar-refractivity contribution in [3.63, 3.8) is 0 Å². The third kappa shape index (κ3) is 5.19. The molecule has 1 aromatic rings. The molecule has 0 aliphatic carbocycles. The summed E-state index contributed by atoms with van der Waals surface area (Å²) in [6.07, 6.45) is 0. The van der Waals surface area contributed by atoms with Gasteiger partial charge in [0.15, 0.2) is 6.61 Å². The van der Waals surface area contributed by atoms with Gasteiger partial charge in [0.25, 0.3) is 5.91 Å². The molecule has 24 heavy (non-hydrogen) atoms. The maximum absolute atomic E-state index is 12.2. The van der Waals surface area contributed by atoms with E-state index in [1.807, 2.05) is 31.2 Å². The highest BCUT2D eigenvalue weighted by atomic mass is 32.2. The third-order valence-electron chi connectivity index (χ3n) is 3.91. The van der Waals surface area contributed by atoms with Crippen LogP contribution >= 0.6 is 0 Å². The monoisotopic (exact) mass is 356 g/mol. The molecule has 7 nitrogen and oxygen atoms in total. The average Bonchev–Trinajstić information content (AvgIpc) is 2.59. The fraction of sp³-hybridized carbons (Fsp3) is 0.562. The molecule has 2 rings (SSSR count). The molecular formula is C16H24N2O5S. The van der Waals surface area contributed by atoms with Crippen molar-refractivity contribution in [2.75, 3.05) is 52.3 Å². The van der Waals surface area contributed by atoms with Crippen LogP contribution in [-0.4, -0.2) is 75.8 Å². The standard InChI is InChI=1S/C16H24N2O5S/c1-14-3-5-15(6-4-14)23-13-16(19)17-7-9-18(10-8-17)24(20,21)12-11-22-2/h3-6H,7-13H2,1-2H3. The lowest BCUT2D eigenvalue weighted by atomic mass is 10.2. The lowest BCUT2D eigenvalue weighted by Crippen LogP contribution is -2.52. The normalized spacial score (nSPS) is 16.2. The second-order valence-electron chi connectivity index (χ2n) is 5.69. The van der Waals surface area contributed by atoms with Gasteiger partial charge in [-0.25, -0.2) is 8.42 Å². The van der Waals surface area contributed by atoms with Crippen LogP contribution in [0.1, 0.15) is 5.56 Å². The fourth-order valence-corrected chi connectivity index (χ4v) is 3.76. The van der Waals surface area contributed by atoms with Gasteiger partial charge in [-0.1, -0.05) is 17.7 Å². The number of benzene rings is 1. The summed E-state index contributed by atoms with van der Waals surface area (Å²) in [5.41, 5.74) is 1.12. The van der Waals surface area contributed by atoms with E-state index >= 15 is 0 Å². The van der Waals surface area contributed by atoms with E-state index < -0.39 is 10.0 Å². The van der Waals surface area contributed by atoms with E-state index in [4.69, 9.17) is 9.47 Å². The van der Waals surface area contributed by atoms with Crippen molar-refractivity contribution in [1.29, 1.82) is 0 Å². The first-order chi connectivity index (χ1) is 11.4. The largest absolute Gasteiger partial charge is 0.484 e. The molecule has 1 aromatic carbocycles. The number of carbonyl (C=O) groups is 1. The average molecular weight is 356 g/mol. The van der Waals surface area contributed by atoms with Crippen molar-refractivity contribution in [1.82, 2.24) is 9.21 Å². The van der Waals surface area contributed by atoms with Crippen molar-refractivity contribution >= 4 is 15.9 Å². The minimum absolute atomic E-state index is 0.0337. The Morgan fingerprint density at radius 1 is 1.12 bits per heavy atom. The molecule has 0 bridgehead atoms. The number of carbonyl (C=O) groups excluding carboxylic acids is 1. The number of hydrogen-bond donors (Lipinski definition) is 0. The summed E-state index contributed by atoms with van der Waals surface area (Å²) < 4.78 is 35.9. The molecule has 0 saturated carbocycles. The molecule has 0 aromatic heterocycles. The Labute approximate surface area is 143 Å². The zero-order valence-electron chi connectivity index (χ0n) is 14.1. The topological polar surface area (TPSA) is 76.2 Å². The Hall–Kier alpha value is -1.64. The zero-order valence-corrected chi connectivity index (χ0v) is 14.9. The molecular weight excluding hydrogens is 332 g/mol. The van der Waals surface area contributed by atoms with E-state index in [-0.39, 0.29) is 24.9 Å². The van der Waals surface area contributed by atoms with Gasteiger partial charge in [0, 0.05) is 33.3 Å². The summed E-state index contributed by atoms with van der Waals surface area (Å²) in [6, 6.07) is 7.48. The Morgan fingerprint density at radius 2 is 1.75 bits per heavy atom.